The molecule has 0 aliphatic carbocycles. The van der Waals surface area contributed by atoms with Crippen LogP contribution in [0, 0.1) is 0 Å². The quantitative estimate of drug-likeness (QED) is 0.727. The Bertz CT molecular complexity index is 937. The molecule has 1 heterocycles. The second-order valence-electron chi connectivity index (χ2n) is 5.70. The van der Waals surface area contributed by atoms with Crippen LogP contribution in [0.4, 0.5) is 5.69 Å². The van der Waals surface area contributed by atoms with Gasteiger partial charge < -0.3 is 14.1 Å². The van der Waals surface area contributed by atoms with Gasteiger partial charge in [0.15, 0.2) is 5.43 Å². The van der Waals surface area contributed by atoms with Crippen LogP contribution >= 0.6 is 0 Å². The van der Waals surface area contributed by atoms with Crippen LogP contribution in [0.5, 0.6) is 5.75 Å². The molecule has 0 aliphatic heterocycles. The van der Waals surface area contributed by atoms with Gasteiger partial charge >= 0.3 is 0 Å². The van der Waals surface area contributed by atoms with Crippen molar-refractivity contribution in [2.75, 3.05) is 26.1 Å². The number of rotatable bonds is 4. The number of ether oxygens (including phenoxy) is 1. The van der Waals surface area contributed by atoms with Gasteiger partial charge in [-0.25, -0.2) is 0 Å². The molecule has 0 saturated heterocycles. The van der Waals surface area contributed by atoms with E-state index in [1.165, 1.54) is 6.26 Å². The Balaban J connectivity index is 1.92. The van der Waals surface area contributed by atoms with Gasteiger partial charge in [0.25, 0.3) is 0 Å². The van der Waals surface area contributed by atoms with E-state index in [0.717, 1.165) is 11.3 Å². The van der Waals surface area contributed by atoms with Crippen LogP contribution < -0.4 is 15.1 Å². The summed E-state index contributed by atoms with van der Waals surface area (Å²) in [5.74, 6) is 0.662. The maximum absolute atomic E-state index is 12.5. The van der Waals surface area contributed by atoms with Gasteiger partial charge in [-0.15, -0.1) is 0 Å². The maximum Gasteiger partial charge on any atom is 0.199 e. The monoisotopic (exact) mass is 321 g/mol. The fourth-order valence-corrected chi connectivity index (χ4v) is 2.44. The first-order chi connectivity index (χ1) is 11.6. The molecule has 4 nitrogen and oxygen atoms in total. The third kappa shape index (κ3) is 3.18. The zero-order valence-corrected chi connectivity index (χ0v) is 13.9. The summed E-state index contributed by atoms with van der Waals surface area (Å²) < 4.78 is 10.7. The molecule has 0 N–H and O–H groups in total. The molecule has 0 amide bonds. The van der Waals surface area contributed by atoms with Crippen LogP contribution in [-0.2, 0) is 0 Å². The van der Waals surface area contributed by atoms with Crippen molar-refractivity contribution in [3.05, 3.63) is 70.1 Å². The summed E-state index contributed by atoms with van der Waals surface area (Å²) in [5, 5.41) is 0.543. The minimum atomic E-state index is -0.0555. The average molecular weight is 321 g/mol. The van der Waals surface area contributed by atoms with E-state index < -0.39 is 0 Å². The maximum atomic E-state index is 12.5. The molecule has 1 aromatic heterocycles. The van der Waals surface area contributed by atoms with E-state index in [4.69, 9.17) is 9.15 Å². The average Bonchev–Trinajstić information content (AvgIpc) is 2.61. The van der Waals surface area contributed by atoms with E-state index >= 15 is 0 Å². The molecule has 122 valence electrons. The topological polar surface area (TPSA) is 42.7 Å². The van der Waals surface area contributed by atoms with Crippen LogP contribution in [0.25, 0.3) is 23.1 Å². The van der Waals surface area contributed by atoms with Gasteiger partial charge in [0, 0.05) is 25.8 Å². The van der Waals surface area contributed by atoms with Gasteiger partial charge in [0.05, 0.1) is 18.1 Å². The third-order valence-electron chi connectivity index (χ3n) is 3.87. The first kappa shape index (κ1) is 15.9. The van der Waals surface area contributed by atoms with Gasteiger partial charge in [-0.3, -0.25) is 4.79 Å². The Hall–Kier alpha value is -3.01. The Morgan fingerprint density at radius 3 is 2.46 bits per heavy atom. The Morgan fingerprint density at radius 1 is 1.04 bits per heavy atom. The summed E-state index contributed by atoms with van der Waals surface area (Å²) in [6.07, 6.45) is 5.16. The van der Waals surface area contributed by atoms with Crippen LogP contribution in [0.15, 0.2) is 57.9 Å². The van der Waals surface area contributed by atoms with Crippen molar-refractivity contribution in [2.24, 2.45) is 0 Å². The lowest BCUT2D eigenvalue weighted by molar-refractivity contribution is 0.414. The summed E-state index contributed by atoms with van der Waals surface area (Å²) >= 11 is 0. The molecule has 0 aliphatic rings. The number of fused-ring (bicyclic) bond motifs is 1. The van der Waals surface area contributed by atoms with E-state index in [-0.39, 0.29) is 5.43 Å². The van der Waals surface area contributed by atoms with E-state index in [0.29, 0.717) is 22.3 Å². The molecule has 0 bridgehead atoms. The molecule has 0 spiro atoms. The van der Waals surface area contributed by atoms with Gasteiger partial charge in [-0.05, 0) is 35.9 Å². The number of hydrogen-bond acceptors (Lipinski definition) is 4. The lowest BCUT2D eigenvalue weighted by Crippen LogP contribution is -2.07. The Labute approximate surface area is 140 Å². The van der Waals surface area contributed by atoms with E-state index in [2.05, 4.69) is 0 Å². The molecule has 0 atom stereocenters. The molecule has 3 aromatic rings. The molecular formula is C20H19NO3. The first-order valence-electron chi connectivity index (χ1n) is 7.63. The van der Waals surface area contributed by atoms with E-state index in [1.54, 1.807) is 31.4 Å². The second-order valence-corrected chi connectivity index (χ2v) is 5.70. The van der Waals surface area contributed by atoms with Crippen molar-refractivity contribution >= 4 is 28.8 Å². The summed E-state index contributed by atoms with van der Waals surface area (Å²) in [6, 6.07) is 13.3. The number of methoxy groups -OCH3 is 1. The molecule has 3 rings (SSSR count). The predicted molar refractivity (Wildman–Crippen MR) is 98.7 cm³/mol. The Morgan fingerprint density at radius 2 is 1.79 bits per heavy atom. The summed E-state index contributed by atoms with van der Waals surface area (Å²) in [6.45, 7) is 0. The van der Waals surface area contributed by atoms with E-state index in [1.807, 2.05) is 49.3 Å². The third-order valence-corrected chi connectivity index (χ3v) is 3.87. The lowest BCUT2D eigenvalue weighted by Gasteiger charge is -2.11. The highest BCUT2D eigenvalue weighted by molar-refractivity contribution is 5.81. The smallest absolute Gasteiger partial charge is 0.199 e. The van der Waals surface area contributed by atoms with Crippen LogP contribution in [0.3, 0.4) is 0 Å². The van der Waals surface area contributed by atoms with Gasteiger partial charge in [0.2, 0.25) is 0 Å². The largest absolute Gasteiger partial charge is 0.497 e. The fourth-order valence-electron chi connectivity index (χ4n) is 2.44. The van der Waals surface area contributed by atoms with Crippen molar-refractivity contribution < 1.29 is 9.15 Å². The molecule has 0 unspecified atom stereocenters. The van der Waals surface area contributed by atoms with Crippen LogP contribution in [0.1, 0.15) is 11.1 Å². The lowest BCUT2D eigenvalue weighted by atomic mass is 10.1. The minimum Gasteiger partial charge on any atom is -0.497 e. The highest BCUT2D eigenvalue weighted by Gasteiger charge is 2.06. The highest BCUT2D eigenvalue weighted by Crippen LogP contribution is 2.19. The van der Waals surface area contributed by atoms with Crippen molar-refractivity contribution in [3.63, 3.8) is 0 Å². The molecule has 4 heteroatoms. The molecule has 2 aromatic carbocycles. The normalized spacial score (nSPS) is 11.1. The van der Waals surface area contributed by atoms with Crippen molar-refractivity contribution in [1.29, 1.82) is 0 Å². The minimum absolute atomic E-state index is 0.0555. The molecule has 0 radical (unpaired) electrons. The predicted octanol–water partition coefficient (Wildman–Crippen LogP) is 4.04. The van der Waals surface area contributed by atoms with Gasteiger partial charge in [0.1, 0.15) is 17.6 Å². The van der Waals surface area contributed by atoms with Crippen molar-refractivity contribution in [2.45, 2.75) is 0 Å². The number of hydrogen-bond donors (Lipinski definition) is 0. The zero-order valence-electron chi connectivity index (χ0n) is 13.9. The molecule has 0 saturated carbocycles. The van der Waals surface area contributed by atoms with Crippen molar-refractivity contribution in [1.82, 2.24) is 0 Å². The number of benzene rings is 2. The van der Waals surface area contributed by atoms with Crippen LogP contribution in [-0.4, -0.2) is 21.2 Å². The molecule has 0 fully saturated rings. The standard InChI is InChI=1S/C20H19NO3/c1-21(2)16-8-5-14(6-9-16)4-7-15-13-24-19-12-17(23-3)10-11-18(19)20(15)22/h4-13H,1-3H3/b7-4+. The first-order valence-corrected chi connectivity index (χ1v) is 7.63. The second kappa shape index (κ2) is 6.62. The number of nitrogens with zero attached hydrogens (tertiary/aromatic N) is 1. The highest BCUT2D eigenvalue weighted by atomic mass is 16.5. The Kier molecular flexibility index (Phi) is 4.38. The fraction of sp³-hybridized carbons (Fsp3) is 0.150. The van der Waals surface area contributed by atoms with Crippen LogP contribution in [0.2, 0.25) is 0 Å². The van der Waals surface area contributed by atoms with Gasteiger partial charge in [-0.2, -0.15) is 0 Å². The SMILES string of the molecule is COc1ccc2c(=O)c(/C=C/c3ccc(N(C)C)cc3)coc2c1. The van der Waals surface area contributed by atoms with Crippen molar-refractivity contribution in [3.8, 4) is 5.75 Å². The zero-order chi connectivity index (χ0) is 17.1. The number of anilines is 1. The van der Waals surface area contributed by atoms with E-state index in [9.17, 15) is 4.79 Å². The summed E-state index contributed by atoms with van der Waals surface area (Å²) in [5.41, 5.74) is 3.14. The summed E-state index contributed by atoms with van der Waals surface area (Å²) in [7, 11) is 5.58. The van der Waals surface area contributed by atoms with Gasteiger partial charge in [-0.1, -0.05) is 18.2 Å². The summed E-state index contributed by atoms with van der Waals surface area (Å²) in [4.78, 5) is 14.6. The molecule has 24 heavy (non-hydrogen) atoms. The molecular weight excluding hydrogens is 302 g/mol.